The second kappa shape index (κ2) is 4.90. The van der Waals surface area contributed by atoms with Gasteiger partial charge in [0.2, 0.25) is 0 Å². The van der Waals surface area contributed by atoms with Gasteiger partial charge in [0.05, 0.1) is 0 Å². The van der Waals surface area contributed by atoms with Crippen molar-refractivity contribution in [3.63, 3.8) is 0 Å². The van der Waals surface area contributed by atoms with Crippen LogP contribution in [0.15, 0.2) is 18.2 Å². The van der Waals surface area contributed by atoms with Crippen molar-refractivity contribution < 1.29 is 0 Å². The molecule has 1 aromatic carbocycles. The van der Waals surface area contributed by atoms with Crippen LogP contribution in [0.5, 0.6) is 0 Å². The van der Waals surface area contributed by atoms with Gasteiger partial charge in [0.25, 0.3) is 0 Å². The minimum Gasteiger partial charge on any atom is -0.382 e. The predicted molar refractivity (Wildman–Crippen MR) is 73.3 cm³/mol. The number of nitrogens with one attached hydrogen (secondary N) is 1. The highest BCUT2D eigenvalue weighted by atomic mass is 14.9. The van der Waals surface area contributed by atoms with Gasteiger partial charge in [-0.15, -0.1) is 0 Å². The molecule has 0 saturated carbocycles. The minimum absolute atomic E-state index is 0.222. The Balaban J connectivity index is 3.00. The number of hydrogen-bond acceptors (Lipinski definition) is 1. The molecule has 0 saturated heterocycles. The lowest BCUT2D eigenvalue weighted by Crippen LogP contribution is -2.16. The summed E-state index contributed by atoms with van der Waals surface area (Å²) < 4.78 is 0. The van der Waals surface area contributed by atoms with E-state index >= 15 is 0 Å². The highest BCUT2D eigenvalue weighted by molar-refractivity contribution is 5.54. The van der Waals surface area contributed by atoms with Crippen LogP contribution in [0.1, 0.15) is 52.2 Å². The zero-order valence-electron chi connectivity index (χ0n) is 11.5. The lowest BCUT2D eigenvalue weighted by Gasteiger charge is -2.22. The predicted octanol–water partition coefficient (Wildman–Crippen LogP) is 4.50. The van der Waals surface area contributed by atoms with Crippen molar-refractivity contribution >= 4 is 5.69 Å². The van der Waals surface area contributed by atoms with Gasteiger partial charge in [0.15, 0.2) is 0 Å². The van der Waals surface area contributed by atoms with Crippen LogP contribution in [0.3, 0.4) is 0 Å². The Labute approximate surface area is 100 Å². The van der Waals surface area contributed by atoms with Crippen molar-refractivity contribution in [3.8, 4) is 0 Å². The lowest BCUT2D eigenvalue weighted by atomic mass is 9.86. The number of rotatable bonds is 3. The molecule has 1 aromatic rings. The molecule has 1 heteroatoms. The normalized spacial score (nSPS) is 13.6. The average molecular weight is 219 g/mol. The fraction of sp³-hybridized carbons (Fsp3) is 0.600. The monoisotopic (exact) mass is 219 g/mol. The molecule has 0 aliphatic rings. The number of anilines is 1. The minimum atomic E-state index is 0.222. The molecular formula is C15H25N. The Morgan fingerprint density at radius 3 is 2.38 bits per heavy atom. The zero-order chi connectivity index (χ0) is 12.3. The van der Waals surface area contributed by atoms with Crippen molar-refractivity contribution in [1.29, 1.82) is 0 Å². The quantitative estimate of drug-likeness (QED) is 0.789. The van der Waals surface area contributed by atoms with Gasteiger partial charge < -0.3 is 5.32 Å². The fourth-order valence-corrected chi connectivity index (χ4v) is 1.61. The molecule has 1 N–H and O–H groups in total. The van der Waals surface area contributed by atoms with Gasteiger partial charge in [-0.2, -0.15) is 0 Å². The summed E-state index contributed by atoms with van der Waals surface area (Å²) in [6.45, 7) is 13.4. The van der Waals surface area contributed by atoms with Crippen LogP contribution in [-0.4, -0.2) is 6.04 Å². The molecule has 1 unspecified atom stereocenters. The highest BCUT2D eigenvalue weighted by Crippen LogP contribution is 2.27. The van der Waals surface area contributed by atoms with Gasteiger partial charge in [-0.3, -0.25) is 0 Å². The first-order valence-electron chi connectivity index (χ1n) is 6.22. The third-order valence-corrected chi connectivity index (χ3v) is 3.12. The SMILES string of the molecule is CCC(C)Nc1cc(C(C)(C)C)ccc1C. The van der Waals surface area contributed by atoms with Crippen molar-refractivity contribution in [2.75, 3.05) is 5.32 Å². The molecule has 1 atom stereocenters. The molecule has 0 radical (unpaired) electrons. The van der Waals surface area contributed by atoms with Crippen LogP contribution in [0.25, 0.3) is 0 Å². The Kier molecular flexibility index (Phi) is 4.01. The first-order chi connectivity index (χ1) is 7.34. The van der Waals surface area contributed by atoms with Gasteiger partial charge in [-0.25, -0.2) is 0 Å². The fourth-order valence-electron chi connectivity index (χ4n) is 1.61. The Bertz CT molecular complexity index is 347. The van der Waals surface area contributed by atoms with E-state index in [1.54, 1.807) is 0 Å². The van der Waals surface area contributed by atoms with Crippen molar-refractivity contribution in [1.82, 2.24) is 0 Å². The van der Waals surface area contributed by atoms with Crippen LogP contribution in [0, 0.1) is 6.92 Å². The van der Waals surface area contributed by atoms with Gasteiger partial charge in [0.1, 0.15) is 0 Å². The van der Waals surface area contributed by atoms with E-state index in [0.717, 1.165) is 6.42 Å². The largest absolute Gasteiger partial charge is 0.382 e. The molecule has 90 valence electrons. The van der Waals surface area contributed by atoms with E-state index in [4.69, 9.17) is 0 Å². The van der Waals surface area contributed by atoms with Crippen molar-refractivity contribution in [3.05, 3.63) is 29.3 Å². The van der Waals surface area contributed by atoms with Gasteiger partial charge in [-0.05, 0) is 42.9 Å². The van der Waals surface area contributed by atoms with Crippen LogP contribution < -0.4 is 5.32 Å². The second-order valence-electron chi connectivity index (χ2n) is 5.73. The summed E-state index contributed by atoms with van der Waals surface area (Å²) in [7, 11) is 0. The van der Waals surface area contributed by atoms with Crippen LogP contribution in [0.4, 0.5) is 5.69 Å². The van der Waals surface area contributed by atoms with Crippen LogP contribution in [0.2, 0.25) is 0 Å². The molecule has 0 amide bonds. The molecule has 0 spiro atoms. The maximum Gasteiger partial charge on any atom is 0.0374 e. The first-order valence-corrected chi connectivity index (χ1v) is 6.22. The molecule has 0 bridgehead atoms. The highest BCUT2D eigenvalue weighted by Gasteiger charge is 2.14. The number of hydrogen-bond donors (Lipinski definition) is 1. The van der Waals surface area contributed by atoms with E-state index in [1.165, 1.54) is 16.8 Å². The second-order valence-corrected chi connectivity index (χ2v) is 5.73. The summed E-state index contributed by atoms with van der Waals surface area (Å²) >= 11 is 0. The van der Waals surface area contributed by atoms with Gasteiger partial charge >= 0.3 is 0 Å². The summed E-state index contributed by atoms with van der Waals surface area (Å²) in [6.07, 6.45) is 1.15. The molecule has 0 aliphatic carbocycles. The zero-order valence-corrected chi connectivity index (χ0v) is 11.5. The molecule has 16 heavy (non-hydrogen) atoms. The number of benzene rings is 1. The van der Waals surface area contributed by atoms with Gasteiger partial charge in [0, 0.05) is 11.7 Å². The summed E-state index contributed by atoms with van der Waals surface area (Å²) in [5.41, 5.74) is 4.22. The smallest absolute Gasteiger partial charge is 0.0374 e. The molecule has 1 rings (SSSR count). The van der Waals surface area contributed by atoms with Crippen LogP contribution >= 0.6 is 0 Å². The topological polar surface area (TPSA) is 12.0 Å². The third-order valence-electron chi connectivity index (χ3n) is 3.12. The standard InChI is InChI=1S/C15H25N/c1-7-12(3)16-14-10-13(15(4,5)6)9-8-11(14)2/h8-10,12,16H,7H2,1-6H3. The number of aryl methyl sites for hydroxylation is 1. The maximum atomic E-state index is 3.57. The van der Waals surface area contributed by atoms with E-state index in [2.05, 4.69) is 65.1 Å². The van der Waals surface area contributed by atoms with E-state index < -0.39 is 0 Å². The van der Waals surface area contributed by atoms with E-state index in [9.17, 15) is 0 Å². The molecule has 1 nitrogen and oxygen atoms in total. The van der Waals surface area contributed by atoms with Crippen molar-refractivity contribution in [2.45, 2.75) is 59.4 Å². The molecule has 0 heterocycles. The Morgan fingerprint density at radius 2 is 1.88 bits per heavy atom. The third kappa shape index (κ3) is 3.26. The molecule has 0 aliphatic heterocycles. The summed E-state index contributed by atoms with van der Waals surface area (Å²) in [5.74, 6) is 0. The summed E-state index contributed by atoms with van der Waals surface area (Å²) in [6, 6.07) is 7.28. The van der Waals surface area contributed by atoms with E-state index in [0.29, 0.717) is 6.04 Å². The molecule has 0 aromatic heterocycles. The van der Waals surface area contributed by atoms with E-state index in [-0.39, 0.29) is 5.41 Å². The van der Waals surface area contributed by atoms with E-state index in [1.807, 2.05) is 0 Å². The first kappa shape index (κ1) is 13.1. The maximum absolute atomic E-state index is 3.57. The molecular weight excluding hydrogens is 194 g/mol. The summed E-state index contributed by atoms with van der Waals surface area (Å²) in [4.78, 5) is 0. The van der Waals surface area contributed by atoms with Crippen molar-refractivity contribution in [2.24, 2.45) is 0 Å². The lowest BCUT2D eigenvalue weighted by molar-refractivity contribution is 0.590. The van der Waals surface area contributed by atoms with Gasteiger partial charge in [-0.1, -0.05) is 39.8 Å². The Hall–Kier alpha value is -0.980. The average Bonchev–Trinajstić information content (AvgIpc) is 2.19. The van der Waals surface area contributed by atoms with Crippen LogP contribution in [-0.2, 0) is 5.41 Å². The Morgan fingerprint density at radius 1 is 1.25 bits per heavy atom. The molecule has 0 fully saturated rings. The summed E-state index contributed by atoms with van der Waals surface area (Å²) in [5, 5.41) is 3.57.